The summed E-state index contributed by atoms with van der Waals surface area (Å²) >= 11 is 2.23. The number of fused-ring (bicyclic) bond motifs is 1. The Kier molecular flexibility index (Phi) is 1.55. The summed E-state index contributed by atoms with van der Waals surface area (Å²) in [5, 5.41) is 5.52. The molecule has 2 heterocycles. The normalized spacial score (nSPS) is 16.7. The summed E-state index contributed by atoms with van der Waals surface area (Å²) < 4.78 is 3.03. The van der Waals surface area contributed by atoms with Crippen LogP contribution in [-0.2, 0) is 0 Å². The van der Waals surface area contributed by atoms with Gasteiger partial charge in [-0.15, -0.1) is 0 Å². The molecule has 0 bridgehead atoms. The first-order chi connectivity index (χ1) is 6.36. The highest BCUT2D eigenvalue weighted by Crippen LogP contribution is 2.36. The Morgan fingerprint density at radius 2 is 2.31 bits per heavy atom. The van der Waals surface area contributed by atoms with Crippen LogP contribution in [0, 0.1) is 3.70 Å². The first-order valence-electron chi connectivity index (χ1n) is 4.20. The average molecular weight is 286 g/mol. The topological polar surface area (TPSA) is 43.6 Å². The number of nitrogens with zero attached hydrogens (tertiary/aromatic N) is 4. The lowest BCUT2D eigenvalue weighted by molar-refractivity contribution is 0.653. The van der Waals surface area contributed by atoms with Crippen molar-refractivity contribution in [2.24, 2.45) is 0 Å². The molecule has 13 heavy (non-hydrogen) atoms. The zero-order valence-electron chi connectivity index (χ0n) is 6.81. The Hall–Kier alpha value is -0.720. The lowest BCUT2D eigenvalue weighted by atomic mass is 10.4. The maximum Gasteiger partial charge on any atom is 0.162 e. The first-order valence-corrected chi connectivity index (χ1v) is 5.28. The van der Waals surface area contributed by atoms with E-state index in [1.54, 1.807) is 6.33 Å². The largest absolute Gasteiger partial charge is 0.244 e. The summed E-state index contributed by atoms with van der Waals surface area (Å²) in [5.41, 5.74) is 0.974. The van der Waals surface area contributed by atoms with Crippen LogP contribution in [-0.4, -0.2) is 19.7 Å². The third kappa shape index (κ3) is 1.13. The van der Waals surface area contributed by atoms with E-state index in [0.717, 1.165) is 14.7 Å². The number of hydrogen-bond acceptors (Lipinski definition) is 3. The van der Waals surface area contributed by atoms with Gasteiger partial charge in [-0.25, -0.2) is 14.6 Å². The van der Waals surface area contributed by atoms with Crippen LogP contribution in [0.25, 0.3) is 11.0 Å². The van der Waals surface area contributed by atoms with Crippen molar-refractivity contribution >= 4 is 33.6 Å². The minimum atomic E-state index is 0.584. The predicted molar refractivity (Wildman–Crippen MR) is 56.3 cm³/mol. The second kappa shape index (κ2) is 2.63. The van der Waals surface area contributed by atoms with Crippen molar-refractivity contribution < 1.29 is 0 Å². The average Bonchev–Trinajstić information content (AvgIpc) is 2.94. The molecule has 4 nitrogen and oxygen atoms in total. The summed E-state index contributed by atoms with van der Waals surface area (Å²) in [7, 11) is 0. The van der Waals surface area contributed by atoms with Crippen molar-refractivity contribution in [2.45, 2.75) is 18.9 Å². The van der Waals surface area contributed by atoms with Crippen molar-refractivity contribution in [1.29, 1.82) is 0 Å². The summed E-state index contributed by atoms with van der Waals surface area (Å²) in [4.78, 5) is 8.25. The summed E-state index contributed by atoms with van der Waals surface area (Å²) in [5.74, 6) is 0. The quantitative estimate of drug-likeness (QED) is 0.750. The van der Waals surface area contributed by atoms with Crippen LogP contribution < -0.4 is 0 Å². The van der Waals surface area contributed by atoms with Gasteiger partial charge in [-0.1, -0.05) is 0 Å². The molecule has 5 heteroatoms. The van der Waals surface area contributed by atoms with Gasteiger partial charge in [0.05, 0.1) is 11.4 Å². The van der Waals surface area contributed by atoms with Gasteiger partial charge in [-0.05, 0) is 35.4 Å². The van der Waals surface area contributed by atoms with Crippen molar-refractivity contribution in [3.63, 3.8) is 0 Å². The second-order valence-corrected chi connectivity index (χ2v) is 4.25. The molecule has 0 atom stereocenters. The summed E-state index contributed by atoms with van der Waals surface area (Å²) in [6.45, 7) is 0. The van der Waals surface area contributed by atoms with Gasteiger partial charge < -0.3 is 0 Å². The predicted octanol–water partition coefficient (Wildman–Crippen LogP) is 1.77. The molecule has 0 radical (unpaired) electrons. The molecule has 3 rings (SSSR count). The fourth-order valence-corrected chi connectivity index (χ4v) is 2.03. The summed E-state index contributed by atoms with van der Waals surface area (Å²) in [6.07, 6.45) is 5.88. The lowest BCUT2D eigenvalue weighted by Crippen LogP contribution is -1.97. The fourth-order valence-electron chi connectivity index (χ4n) is 1.42. The van der Waals surface area contributed by atoms with E-state index in [9.17, 15) is 0 Å². The monoisotopic (exact) mass is 286 g/mol. The molecule has 0 N–H and O–H groups in total. The summed E-state index contributed by atoms with van der Waals surface area (Å²) in [6, 6.07) is 0.584. The van der Waals surface area contributed by atoms with Gasteiger partial charge in [0, 0.05) is 6.20 Å². The molecule has 0 aromatic carbocycles. The molecule has 1 aliphatic rings. The Morgan fingerprint density at radius 1 is 1.46 bits per heavy atom. The van der Waals surface area contributed by atoms with Crippen molar-refractivity contribution in [3.05, 3.63) is 16.2 Å². The van der Waals surface area contributed by atoms with Gasteiger partial charge in [0.2, 0.25) is 0 Å². The fraction of sp³-hybridized carbons (Fsp3) is 0.375. The Morgan fingerprint density at radius 3 is 3.08 bits per heavy atom. The van der Waals surface area contributed by atoms with E-state index in [4.69, 9.17) is 0 Å². The molecule has 2 aromatic heterocycles. The maximum absolute atomic E-state index is 4.45. The first kappa shape index (κ1) is 7.66. The Balaban J connectivity index is 2.34. The molecule has 1 saturated carbocycles. The number of halogens is 1. The smallest absolute Gasteiger partial charge is 0.162 e. The van der Waals surface area contributed by atoms with Crippen molar-refractivity contribution in [3.8, 4) is 0 Å². The third-order valence-electron chi connectivity index (χ3n) is 2.22. The van der Waals surface area contributed by atoms with Crippen molar-refractivity contribution in [2.75, 3.05) is 0 Å². The minimum Gasteiger partial charge on any atom is -0.244 e. The van der Waals surface area contributed by atoms with Crippen molar-refractivity contribution in [1.82, 2.24) is 19.7 Å². The van der Waals surface area contributed by atoms with Crippen LogP contribution in [0.5, 0.6) is 0 Å². The van der Waals surface area contributed by atoms with Crippen LogP contribution >= 0.6 is 22.6 Å². The molecular formula is C8H7IN4. The molecule has 0 saturated heterocycles. The number of rotatable bonds is 1. The highest BCUT2D eigenvalue weighted by atomic mass is 127. The van der Waals surface area contributed by atoms with E-state index in [-0.39, 0.29) is 0 Å². The Bertz CT molecular complexity index is 460. The Labute approximate surface area is 88.5 Å². The second-order valence-electron chi connectivity index (χ2n) is 3.23. The maximum atomic E-state index is 4.45. The lowest BCUT2D eigenvalue weighted by Gasteiger charge is -1.96. The SMILES string of the molecule is Ic1nn(C2CC2)c2ncncc12. The van der Waals surface area contributed by atoms with E-state index < -0.39 is 0 Å². The zero-order chi connectivity index (χ0) is 8.84. The number of aromatic nitrogens is 4. The van der Waals surface area contributed by atoms with Gasteiger partial charge >= 0.3 is 0 Å². The van der Waals surface area contributed by atoms with Gasteiger partial charge in [0.1, 0.15) is 10.0 Å². The van der Waals surface area contributed by atoms with E-state index in [0.29, 0.717) is 6.04 Å². The van der Waals surface area contributed by atoms with Gasteiger partial charge in [-0.3, -0.25) is 0 Å². The van der Waals surface area contributed by atoms with Gasteiger partial charge in [0.25, 0.3) is 0 Å². The minimum absolute atomic E-state index is 0.584. The highest BCUT2D eigenvalue weighted by Gasteiger charge is 2.27. The molecular weight excluding hydrogens is 279 g/mol. The van der Waals surface area contributed by atoms with Crippen LogP contribution in [0.3, 0.4) is 0 Å². The molecule has 0 aliphatic heterocycles. The molecule has 1 fully saturated rings. The number of hydrogen-bond donors (Lipinski definition) is 0. The molecule has 2 aromatic rings. The molecule has 0 amide bonds. The van der Waals surface area contributed by atoms with E-state index in [2.05, 4.69) is 37.7 Å². The highest BCUT2D eigenvalue weighted by molar-refractivity contribution is 14.1. The molecule has 0 spiro atoms. The third-order valence-corrected chi connectivity index (χ3v) is 3.02. The molecule has 0 unspecified atom stereocenters. The van der Waals surface area contributed by atoms with Crippen LogP contribution in [0.2, 0.25) is 0 Å². The molecule has 1 aliphatic carbocycles. The van der Waals surface area contributed by atoms with Gasteiger partial charge in [0.15, 0.2) is 5.65 Å². The van der Waals surface area contributed by atoms with E-state index >= 15 is 0 Å². The van der Waals surface area contributed by atoms with E-state index in [1.807, 2.05) is 10.9 Å². The van der Waals surface area contributed by atoms with E-state index in [1.165, 1.54) is 12.8 Å². The van der Waals surface area contributed by atoms with Crippen LogP contribution in [0.15, 0.2) is 12.5 Å². The molecule has 66 valence electrons. The van der Waals surface area contributed by atoms with Crippen LogP contribution in [0.4, 0.5) is 0 Å². The van der Waals surface area contributed by atoms with Gasteiger partial charge in [-0.2, -0.15) is 5.10 Å². The zero-order valence-corrected chi connectivity index (χ0v) is 8.97. The standard InChI is InChI=1S/C8H7IN4/c9-7-6-3-10-4-11-8(6)13(12-7)5-1-2-5/h3-5H,1-2H2. The van der Waals surface area contributed by atoms with Crippen LogP contribution in [0.1, 0.15) is 18.9 Å².